The van der Waals surface area contributed by atoms with E-state index in [2.05, 4.69) is 22.1 Å². The molecule has 6 nitrogen and oxygen atoms in total. The molecule has 0 unspecified atom stereocenters. The van der Waals surface area contributed by atoms with Crippen LogP contribution in [-0.2, 0) is 4.79 Å². The van der Waals surface area contributed by atoms with Crippen LogP contribution in [0.4, 0.5) is 13.9 Å². The van der Waals surface area contributed by atoms with Gasteiger partial charge in [0, 0.05) is 17.5 Å². The van der Waals surface area contributed by atoms with Crippen LogP contribution in [0.15, 0.2) is 30.5 Å². The van der Waals surface area contributed by atoms with Crippen molar-refractivity contribution < 1.29 is 23.5 Å². The van der Waals surface area contributed by atoms with Gasteiger partial charge in [0.2, 0.25) is 0 Å². The first-order chi connectivity index (χ1) is 13.1. The number of aliphatic hydroxyl groups is 1. The molecule has 0 bridgehead atoms. The number of thiazole rings is 1. The molecule has 0 saturated carbocycles. The third-order valence-electron chi connectivity index (χ3n) is 3.97. The highest BCUT2D eigenvalue weighted by atomic mass is 32.1. The predicted molar refractivity (Wildman–Crippen MR) is 102 cm³/mol. The summed E-state index contributed by atoms with van der Waals surface area (Å²) in [5.74, 6) is 4.33. The fraction of sp³-hybridized carbons (Fsp3) is 0.316. The second-order valence-electron chi connectivity index (χ2n) is 6.14. The van der Waals surface area contributed by atoms with Crippen LogP contribution in [0.2, 0.25) is 0 Å². The van der Waals surface area contributed by atoms with Crippen LogP contribution < -0.4 is 11.1 Å². The first-order valence-electron chi connectivity index (χ1n) is 8.32. The third-order valence-corrected chi connectivity index (χ3v) is 4.71. The van der Waals surface area contributed by atoms with Crippen molar-refractivity contribution in [2.45, 2.75) is 38.3 Å². The van der Waals surface area contributed by atoms with E-state index in [1.165, 1.54) is 30.4 Å². The summed E-state index contributed by atoms with van der Waals surface area (Å²) in [5, 5.41) is 12.6. The lowest BCUT2D eigenvalue weighted by Gasteiger charge is -2.31. The van der Waals surface area contributed by atoms with Crippen LogP contribution in [0.3, 0.4) is 0 Å². The summed E-state index contributed by atoms with van der Waals surface area (Å²) in [7, 11) is 0. The number of aromatic nitrogens is 1. The highest BCUT2D eigenvalue weighted by Gasteiger charge is 2.45. The summed E-state index contributed by atoms with van der Waals surface area (Å²) < 4.78 is 26.2. The number of hydrogen-bond acceptors (Lipinski definition) is 6. The summed E-state index contributed by atoms with van der Waals surface area (Å²) in [4.78, 5) is 28.9. The summed E-state index contributed by atoms with van der Waals surface area (Å²) in [6.07, 6.45) is -1.76. The van der Waals surface area contributed by atoms with Crippen LogP contribution in [0, 0.1) is 11.8 Å². The van der Waals surface area contributed by atoms with Crippen molar-refractivity contribution in [3.63, 3.8) is 0 Å². The Morgan fingerprint density at radius 2 is 1.96 bits per heavy atom. The average molecular weight is 407 g/mol. The number of nitrogen functional groups attached to an aromatic ring is 1. The second-order valence-corrected chi connectivity index (χ2v) is 7.21. The molecule has 9 heteroatoms. The van der Waals surface area contributed by atoms with Crippen LogP contribution in [-0.4, -0.2) is 39.8 Å². The molecule has 2 atom stereocenters. The number of alkyl halides is 2. The van der Waals surface area contributed by atoms with E-state index >= 15 is 0 Å². The Morgan fingerprint density at radius 3 is 2.46 bits per heavy atom. The van der Waals surface area contributed by atoms with Gasteiger partial charge in [-0.3, -0.25) is 9.59 Å². The Kier molecular flexibility index (Phi) is 6.83. The summed E-state index contributed by atoms with van der Waals surface area (Å²) >= 11 is 1.24. The summed E-state index contributed by atoms with van der Waals surface area (Å²) in [6.45, 7) is 2.29. The molecular weight excluding hydrogens is 388 g/mol. The zero-order chi connectivity index (χ0) is 20.9. The molecule has 2 rings (SSSR count). The molecular formula is C19H19F2N3O3S. The number of amides is 1. The molecule has 1 aromatic heterocycles. The van der Waals surface area contributed by atoms with Crippen molar-refractivity contribution in [2.24, 2.45) is 0 Å². The number of carbonyl (C=O) groups is 2. The molecule has 4 N–H and O–H groups in total. The van der Waals surface area contributed by atoms with Crippen LogP contribution in [0.25, 0.3) is 0 Å². The molecule has 0 aliphatic rings. The van der Waals surface area contributed by atoms with E-state index in [1.807, 2.05) is 0 Å². The maximum atomic E-state index is 13.1. The fourth-order valence-electron chi connectivity index (χ4n) is 2.28. The standard InChI is InChI=1S/C19H19F2N3O3S/c1-3-14(25)15(19(2,27)17(20)21)24-16(26)12-7-4-11(5-8-12)6-9-13-10-23-18(22)28-13/h4-5,7-8,10,15,17,27H,3H2,1-2H3,(H2,22,23)(H,24,26)/t15-,19+/m1/s1. The molecule has 2 aromatic rings. The Balaban J connectivity index is 2.15. The molecule has 0 spiro atoms. The zero-order valence-corrected chi connectivity index (χ0v) is 16.0. The van der Waals surface area contributed by atoms with Crippen molar-refractivity contribution in [1.29, 1.82) is 0 Å². The lowest BCUT2D eigenvalue weighted by atomic mass is 9.91. The molecule has 28 heavy (non-hydrogen) atoms. The maximum absolute atomic E-state index is 13.1. The minimum absolute atomic E-state index is 0.107. The number of nitrogens with zero attached hydrogens (tertiary/aromatic N) is 1. The zero-order valence-electron chi connectivity index (χ0n) is 15.2. The number of ketones is 1. The average Bonchev–Trinajstić information content (AvgIpc) is 3.09. The van der Waals surface area contributed by atoms with Gasteiger partial charge in [-0.1, -0.05) is 24.2 Å². The number of carbonyl (C=O) groups excluding carboxylic acids is 2. The van der Waals surface area contributed by atoms with Crippen LogP contribution >= 0.6 is 11.3 Å². The van der Waals surface area contributed by atoms with E-state index in [-0.39, 0.29) is 12.0 Å². The predicted octanol–water partition coefficient (Wildman–Crippen LogP) is 2.22. The van der Waals surface area contributed by atoms with Crippen molar-refractivity contribution >= 4 is 28.2 Å². The minimum Gasteiger partial charge on any atom is -0.382 e. The topological polar surface area (TPSA) is 105 Å². The second kappa shape index (κ2) is 8.91. The molecule has 1 aromatic carbocycles. The number of anilines is 1. The first kappa shape index (κ1) is 21.5. The summed E-state index contributed by atoms with van der Waals surface area (Å²) in [6, 6.07) is 4.33. The van der Waals surface area contributed by atoms with E-state index in [4.69, 9.17) is 5.73 Å². The molecule has 0 fully saturated rings. The molecule has 1 heterocycles. The highest BCUT2D eigenvalue weighted by molar-refractivity contribution is 7.15. The van der Waals surface area contributed by atoms with Crippen LogP contribution in [0.1, 0.15) is 41.1 Å². The first-order valence-corrected chi connectivity index (χ1v) is 9.14. The van der Waals surface area contributed by atoms with Gasteiger partial charge in [-0.15, -0.1) is 0 Å². The number of hydrogen-bond donors (Lipinski definition) is 3. The number of nitrogens with one attached hydrogen (secondary N) is 1. The van der Waals surface area contributed by atoms with Crippen molar-refractivity contribution in [2.75, 3.05) is 5.73 Å². The lowest BCUT2D eigenvalue weighted by molar-refractivity contribution is -0.140. The molecule has 1 amide bonds. The highest BCUT2D eigenvalue weighted by Crippen LogP contribution is 2.22. The van der Waals surface area contributed by atoms with Gasteiger partial charge in [0.05, 0.1) is 11.1 Å². The Labute approximate surface area is 164 Å². The number of benzene rings is 1. The van der Waals surface area contributed by atoms with E-state index in [9.17, 15) is 23.5 Å². The van der Waals surface area contributed by atoms with Gasteiger partial charge in [-0.25, -0.2) is 13.8 Å². The third kappa shape index (κ3) is 5.12. The lowest BCUT2D eigenvalue weighted by Crippen LogP contribution is -2.59. The van der Waals surface area contributed by atoms with Gasteiger partial charge in [0.25, 0.3) is 12.3 Å². The van der Waals surface area contributed by atoms with Crippen LogP contribution in [0.5, 0.6) is 0 Å². The molecule has 0 radical (unpaired) electrons. The van der Waals surface area contributed by atoms with E-state index in [0.717, 1.165) is 6.92 Å². The Morgan fingerprint density at radius 1 is 1.32 bits per heavy atom. The summed E-state index contributed by atoms with van der Waals surface area (Å²) in [5.41, 5.74) is 3.61. The van der Waals surface area contributed by atoms with E-state index in [1.54, 1.807) is 18.3 Å². The van der Waals surface area contributed by atoms with Gasteiger partial charge in [0.1, 0.15) is 11.6 Å². The molecule has 0 aliphatic heterocycles. The van der Waals surface area contributed by atoms with E-state index in [0.29, 0.717) is 15.6 Å². The van der Waals surface area contributed by atoms with Gasteiger partial charge in [-0.05, 0) is 37.1 Å². The SMILES string of the molecule is CCC(=O)[C@@H](NC(=O)c1ccc(C#Cc2cnc(N)s2)cc1)[C@](C)(O)C(F)F. The maximum Gasteiger partial charge on any atom is 0.269 e. The normalized spacial score (nSPS) is 13.9. The molecule has 148 valence electrons. The number of halogens is 2. The smallest absolute Gasteiger partial charge is 0.269 e. The number of Topliss-reactive ketones (excluding diaryl/α,β-unsaturated/α-hetero) is 1. The van der Waals surface area contributed by atoms with Gasteiger partial charge < -0.3 is 16.2 Å². The van der Waals surface area contributed by atoms with Gasteiger partial charge in [-0.2, -0.15) is 0 Å². The van der Waals surface area contributed by atoms with Crippen molar-refractivity contribution in [3.8, 4) is 11.8 Å². The Hall–Kier alpha value is -2.83. The number of nitrogens with two attached hydrogens (primary N) is 1. The van der Waals surface area contributed by atoms with Crippen molar-refractivity contribution in [1.82, 2.24) is 10.3 Å². The van der Waals surface area contributed by atoms with E-state index < -0.39 is 29.8 Å². The molecule has 0 aliphatic carbocycles. The van der Waals surface area contributed by atoms with Gasteiger partial charge >= 0.3 is 0 Å². The number of rotatable bonds is 6. The van der Waals surface area contributed by atoms with Gasteiger partial charge in [0.15, 0.2) is 10.9 Å². The Bertz CT molecular complexity index is 914. The molecule has 0 saturated heterocycles. The minimum atomic E-state index is -3.20. The fourth-order valence-corrected chi connectivity index (χ4v) is 2.82. The monoisotopic (exact) mass is 407 g/mol. The quantitative estimate of drug-likeness (QED) is 0.637. The van der Waals surface area contributed by atoms with Crippen molar-refractivity contribution in [3.05, 3.63) is 46.5 Å². The largest absolute Gasteiger partial charge is 0.382 e.